The van der Waals surface area contributed by atoms with Crippen LogP contribution in [0.1, 0.15) is 5.56 Å². The third-order valence-corrected chi connectivity index (χ3v) is 4.65. The van der Waals surface area contributed by atoms with E-state index in [1.807, 2.05) is 54.6 Å². The van der Waals surface area contributed by atoms with Crippen LogP contribution in [0.15, 0.2) is 91.3 Å². The molecule has 0 bridgehead atoms. The molecule has 4 aromatic rings. The van der Waals surface area contributed by atoms with Crippen LogP contribution in [0.4, 0.5) is 17.2 Å². The summed E-state index contributed by atoms with van der Waals surface area (Å²) in [5.41, 5.74) is 3.08. The second kappa shape index (κ2) is 10.1. The highest BCUT2D eigenvalue weighted by atomic mass is 16.5. The Morgan fingerprint density at radius 1 is 0.909 bits per heavy atom. The molecule has 0 aliphatic heterocycles. The van der Waals surface area contributed by atoms with Crippen molar-refractivity contribution in [3.05, 3.63) is 96.8 Å². The Balaban J connectivity index is 1.47. The average Bonchev–Trinajstić information content (AvgIpc) is 2.83. The normalized spacial score (nSPS) is 10.8. The van der Waals surface area contributed by atoms with Gasteiger partial charge in [-0.3, -0.25) is 4.79 Å². The summed E-state index contributed by atoms with van der Waals surface area (Å²) < 4.78 is 5.82. The SMILES string of the molecule is O=C(O)/C=C/C(=O)Nc1ccc2ncnc(Nc3ccc(OCc4ccccc4)cc3)c2c1. The lowest BCUT2D eigenvalue weighted by molar-refractivity contribution is -0.131. The molecule has 1 heterocycles. The monoisotopic (exact) mass is 440 g/mol. The van der Waals surface area contributed by atoms with Crippen LogP contribution in [0.5, 0.6) is 5.75 Å². The Kier molecular flexibility index (Phi) is 6.56. The molecule has 0 atom stereocenters. The summed E-state index contributed by atoms with van der Waals surface area (Å²) in [5.74, 6) is -0.430. The predicted octanol–water partition coefficient (Wildman–Crippen LogP) is 4.53. The van der Waals surface area contributed by atoms with Crippen LogP contribution < -0.4 is 15.4 Å². The Morgan fingerprint density at radius 2 is 1.67 bits per heavy atom. The number of nitrogens with one attached hydrogen (secondary N) is 2. The third-order valence-electron chi connectivity index (χ3n) is 4.65. The summed E-state index contributed by atoms with van der Waals surface area (Å²) in [6, 6.07) is 22.6. The van der Waals surface area contributed by atoms with Crippen LogP contribution in [-0.4, -0.2) is 27.0 Å². The predicted molar refractivity (Wildman–Crippen MR) is 125 cm³/mol. The number of amides is 1. The molecule has 164 valence electrons. The minimum absolute atomic E-state index is 0.486. The molecule has 0 aliphatic rings. The average molecular weight is 440 g/mol. The molecule has 1 amide bonds. The van der Waals surface area contributed by atoms with Gasteiger partial charge in [0.05, 0.1) is 5.52 Å². The lowest BCUT2D eigenvalue weighted by Gasteiger charge is -2.11. The van der Waals surface area contributed by atoms with Gasteiger partial charge in [0.2, 0.25) is 5.91 Å². The zero-order chi connectivity index (χ0) is 23.0. The Morgan fingerprint density at radius 3 is 2.42 bits per heavy atom. The zero-order valence-electron chi connectivity index (χ0n) is 17.4. The van der Waals surface area contributed by atoms with Gasteiger partial charge < -0.3 is 20.5 Å². The second-order valence-corrected chi connectivity index (χ2v) is 7.04. The maximum absolute atomic E-state index is 11.9. The van der Waals surface area contributed by atoms with Gasteiger partial charge in [0.1, 0.15) is 24.5 Å². The summed E-state index contributed by atoms with van der Waals surface area (Å²) in [7, 11) is 0. The Hall–Kier alpha value is -4.72. The summed E-state index contributed by atoms with van der Waals surface area (Å²) >= 11 is 0. The number of carbonyl (C=O) groups is 2. The molecule has 33 heavy (non-hydrogen) atoms. The van der Waals surface area contributed by atoms with Gasteiger partial charge >= 0.3 is 5.97 Å². The largest absolute Gasteiger partial charge is 0.489 e. The number of aromatic nitrogens is 2. The molecule has 0 aliphatic carbocycles. The molecule has 0 fully saturated rings. The van der Waals surface area contributed by atoms with Crippen molar-refractivity contribution in [1.82, 2.24) is 9.97 Å². The van der Waals surface area contributed by atoms with E-state index in [4.69, 9.17) is 9.84 Å². The number of fused-ring (bicyclic) bond motifs is 1. The molecular weight excluding hydrogens is 420 g/mol. The van der Waals surface area contributed by atoms with E-state index in [1.54, 1.807) is 18.2 Å². The lowest BCUT2D eigenvalue weighted by Crippen LogP contribution is -2.08. The molecule has 3 N–H and O–H groups in total. The van der Waals surface area contributed by atoms with E-state index in [9.17, 15) is 9.59 Å². The maximum Gasteiger partial charge on any atom is 0.328 e. The number of carboxylic acids is 1. The van der Waals surface area contributed by atoms with Crippen LogP contribution in [-0.2, 0) is 16.2 Å². The van der Waals surface area contributed by atoms with Gasteiger partial charge in [0, 0.05) is 28.9 Å². The molecule has 0 radical (unpaired) electrons. The fourth-order valence-corrected chi connectivity index (χ4v) is 3.08. The smallest absolute Gasteiger partial charge is 0.328 e. The highest BCUT2D eigenvalue weighted by molar-refractivity contribution is 6.04. The van der Waals surface area contributed by atoms with Crippen molar-refractivity contribution in [3.63, 3.8) is 0 Å². The number of aliphatic carboxylic acids is 1. The van der Waals surface area contributed by atoms with Gasteiger partial charge in [-0.2, -0.15) is 0 Å². The summed E-state index contributed by atoms with van der Waals surface area (Å²) in [4.78, 5) is 31.0. The number of carboxylic acid groups (broad SMARTS) is 1. The molecular formula is C25H20N4O4. The first-order valence-electron chi connectivity index (χ1n) is 10.1. The topological polar surface area (TPSA) is 113 Å². The van der Waals surface area contributed by atoms with Crippen molar-refractivity contribution < 1.29 is 19.4 Å². The van der Waals surface area contributed by atoms with Crippen molar-refractivity contribution in [2.45, 2.75) is 6.61 Å². The number of nitrogens with zero attached hydrogens (tertiary/aromatic N) is 2. The van der Waals surface area contributed by atoms with E-state index in [1.165, 1.54) is 6.33 Å². The van der Waals surface area contributed by atoms with E-state index in [0.29, 0.717) is 29.0 Å². The standard InChI is InChI=1S/C25H20N4O4/c30-23(12-13-24(31)32)28-19-8-11-22-21(14-19)25(27-16-26-22)29-18-6-9-20(10-7-18)33-15-17-4-2-1-3-5-17/h1-14,16H,15H2,(H,28,30)(H,31,32)(H,26,27,29)/b13-12+. The lowest BCUT2D eigenvalue weighted by atomic mass is 10.2. The highest BCUT2D eigenvalue weighted by Gasteiger charge is 2.07. The van der Waals surface area contributed by atoms with Crippen LogP contribution in [0.2, 0.25) is 0 Å². The maximum atomic E-state index is 11.9. The van der Waals surface area contributed by atoms with Crippen molar-refractivity contribution in [2.24, 2.45) is 0 Å². The van der Waals surface area contributed by atoms with Crippen molar-refractivity contribution in [3.8, 4) is 5.75 Å². The quantitative estimate of drug-likeness (QED) is 0.345. The van der Waals surface area contributed by atoms with Gasteiger partial charge in [0.15, 0.2) is 0 Å². The molecule has 8 nitrogen and oxygen atoms in total. The Labute approximate surface area is 189 Å². The number of benzene rings is 3. The molecule has 8 heteroatoms. The number of ether oxygens (including phenoxy) is 1. The van der Waals surface area contributed by atoms with Crippen LogP contribution in [0, 0.1) is 0 Å². The molecule has 1 aromatic heterocycles. The Bertz CT molecular complexity index is 1310. The van der Waals surface area contributed by atoms with Gasteiger partial charge in [-0.05, 0) is 48.0 Å². The minimum Gasteiger partial charge on any atom is -0.489 e. The second-order valence-electron chi connectivity index (χ2n) is 7.04. The van der Waals surface area contributed by atoms with Gasteiger partial charge in [-0.1, -0.05) is 30.3 Å². The summed E-state index contributed by atoms with van der Waals surface area (Å²) in [6.45, 7) is 0.486. The van der Waals surface area contributed by atoms with Crippen LogP contribution in [0.3, 0.4) is 0 Å². The van der Waals surface area contributed by atoms with Gasteiger partial charge in [-0.25, -0.2) is 14.8 Å². The highest BCUT2D eigenvalue weighted by Crippen LogP contribution is 2.27. The molecule has 0 unspecified atom stereocenters. The van der Waals surface area contributed by atoms with Gasteiger partial charge in [0.25, 0.3) is 0 Å². The van der Waals surface area contributed by atoms with E-state index in [0.717, 1.165) is 29.2 Å². The number of hydrogen-bond acceptors (Lipinski definition) is 6. The zero-order valence-corrected chi connectivity index (χ0v) is 17.4. The fraction of sp³-hybridized carbons (Fsp3) is 0.0400. The first-order valence-corrected chi connectivity index (χ1v) is 10.1. The molecule has 0 saturated heterocycles. The first-order chi connectivity index (χ1) is 16.1. The van der Waals surface area contributed by atoms with E-state index >= 15 is 0 Å². The number of carbonyl (C=O) groups excluding carboxylic acids is 1. The molecule has 3 aromatic carbocycles. The van der Waals surface area contributed by atoms with Crippen molar-refractivity contribution >= 4 is 40.0 Å². The third kappa shape index (κ3) is 5.92. The summed E-state index contributed by atoms with van der Waals surface area (Å²) in [6.07, 6.45) is 3.18. The molecule has 0 saturated carbocycles. The summed E-state index contributed by atoms with van der Waals surface area (Å²) in [5, 5.41) is 15.2. The minimum atomic E-state index is -1.19. The van der Waals surface area contributed by atoms with Crippen LogP contribution in [0.25, 0.3) is 10.9 Å². The van der Waals surface area contributed by atoms with E-state index < -0.39 is 11.9 Å². The number of anilines is 3. The van der Waals surface area contributed by atoms with Crippen molar-refractivity contribution in [1.29, 1.82) is 0 Å². The van der Waals surface area contributed by atoms with E-state index in [2.05, 4.69) is 20.6 Å². The number of hydrogen-bond donors (Lipinski definition) is 3. The molecule has 0 spiro atoms. The number of rotatable bonds is 8. The fourth-order valence-electron chi connectivity index (χ4n) is 3.08. The van der Waals surface area contributed by atoms with E-state index in [-0.39, 0.29) is 0 Å². The molecule has 4 rings (SSSR count). The van der Waals surface area contributed by atoms with Crippen molar-refractivity contribution in [2.75, 3.05) is 10.6 Å². The van der Waals surface area contributed by atoms with Crippen LogP contribution >= 0.6 is 0 Å². The first kappa shape index (κ1) is 21.5. The van der Waals surface area contributed by atoms with Gasteiger partial charge in [-0.15, -0.1) is 0 Å².